The first-order valence-electron chi connectivity index (χ1n) is 12.5. The molecule has 2 amide bonds. The van der Waals surface area contributed by atoms with Crippen molar-refractivity contribution >= 4 is 23.5 Å². The molecule has 0 fully saturated rings. The van der Waals surface area contributed by atoms with Gasteiger partial charge in [-0.15, -0.1) is 0 Å². The Morgan fingerprint density at radius 3 is 2.62 bits per heavy atom. The van der Waals surface area contributed by atoms with Gasteiger partial charge in [0.2, 0.25) is 5.91 Å². The number of hydrogen-bond donors (Lipinski definition) is 2. The maximum atomic E-state index is 12.5. The van der Waals surface area contributed by atoms with Crippen LogP contribution in [0.25, 0.3) is 11.1 Å². The van der Waals surface area contributed by atoms with E-state index in [9.17, 15) is 14.7 Å². The summed E-state index contributed by atoms with van der Waals surface area (Å²) in [4.78, 5) is 35.9. The molecular formula is C27H35N7O3. The molecule has 0 bridgehead atoms. The second-order valence-electron chi connectivity index (χ2n) is 10.8. The van der Waals surface area contributed by atoms with Gasteiger partial charge in [-0.3, -0.25) is 14.5 Å². The highest BCUT2D eigenvalue weighted by molar-refractivity contribution is 5.94. The monoisotopic (exact) mass is 505 g/mol. The van der Waals surface area contributed by atoms with Gasteiger partial charge in [0.1, 0.15) is 5.82 Å². The van der Waals surface area contributed by atoms with Crippen LogP contribution in [0.2, 0.25) is 0 Å². The molecule has 2 N–H and O–H groups in total. The third-order valence-corrected chi connectivity index (χ3v) is 6.41. The van der Waals surface area contributed by atoms with Crippen molar-refractivity contribution in [2.24, 2.45) is 5.41 Å². The van der Waals surface area contributed by atoms with Crippen LogP contribution in [0.4, 0.5) is 16.3 Å². The van der Waals surface area contributed by atoms with E-state index in [-0.39, 0.29) is 23.4 Å². The Balaban J connectivity index is 1.58. The third kappa shape index (κ3) is 6.25. The topological polar surface area (TPSA) is 116 Å². The van der Waals surface area contributed by atoms with Gasteiger partial charge in [0.15, 0.2) is 0 Å². The summed E-state index contributed by atoms with van der Waals surface area (Å²) < 4.78 is 1.77. The number of carbonyl (C=O) groups excluding carboxylic acids is 1. The van der Waals surface area contributed by atoms with E-state index in [2.05, 4.69) is 26.4 Å². The van der Waals surface area contributed by atoms with Gasteiger partial charge >= 0.3 is 6.09 Å². The van der Waals surface area contributed by atoms with Crippen molar-refractivity contribution in [3.63, 3.8) is 0 Å². The van der Waals surface area contributed by atoms with Crippen LogP contribution in [0, 0.1) is 5.41 Å². The normalized spacial score (nSPS) is 17.3. The minimum Gasteiger partial charge on any atom is -0.465 e. The van der Waals surface area contributed by atoms with Crippen molar-refractivity contribution in [2.45, 2.75) is 59.7 Å². The lowest BCUT2D eigenvalue weighted by molar-refractivity contribution is -0.117. The molecule has 1 aromatic carbocycles. The zero-order chi connectivity index (χ0) is 26.7. The fourth-order valence-electron chi connectivity index (χ4n) is 4.89. The van der Waals surface area contributed by atoms with Gasteiger partial charge in [-0.25, -0.2) is 9.78 Å². The molecule has 1 aliphatic heterocycles. The fraction of sp³-hybridized carbons (Fsp3) is 0.444. The van der Waals surface area contributed by atoms with Crippen LogP contribution in [0.15, 0.2) is 49.2 Å². The average Bonchev–Trinajstić information content (AvgIpc) is 3.30. The number of nitrogens with one attached hydrogen (secondary N) is 1. The van der Waals surface area contributed by atoms with Gasteiger partial charge in [0.25, 0.3) is 0 Å². The summed E-state index contributed by atoms with van der Waals surface area (Å²) in [7, 11) is 0. The smallest absolute Gasteiger partial charge is 0.407 e. The van der Waals surface area contributed by atoms with E-state index in [1.54, 1.807) is 36.4 Å². The van der Waals surface area contributed by atoms with E-state index in [4.69, 9.17) is 0 Å². The van der Waals surface area contributed by atoms with Crippen LogP contribution >= 0.6 is 0 Å². The number of carbonyl (C=O) groups is 2. The van der Waals surface area contributed by atoms with Crippen LogP contribution in [0.3, 0.4) is 0 Å². The maximum Gasteiger partial charge on any atom is 0.407 e. The van der Waals surface area contributed by atoms with Gasteiger partial charge in [-0.05, 0) is 42.0 Å². The summed E-state index contributed by atoms with van der Waals surface area (Å²) in [6, 6.07) is 6.05. The maximum absolute atomic E-state index is 12.5. The Kier molecular flexibility index (Phi) is 7.47. The molecule has 0 spiro atoms. The van der Waals surface area contributed by atoms with Crippen LogP contribution in [0.1, 0.15) is 52.6 Å². The Hall–Kier alpha value is -3.95. The Bertz CT molecular complexity index is 1250. The number of carboxylic acid groups (broad SMARTS) is 1. The minimum atomic E-state index is -0.928. The molecular weight excluding hydrogens is 470 g/mol. The van der Waals surface area contributed by atoms with Crippen molar-refractivity contribution in [2.75, 3.05) is 23.3 Å². The summed E-state index contributed by atoms with van der Waals surface area (Å²) in [5, 5.41) is 17.5. The standard InChI is InChI=1S/C27H35N7O3/c1-18-12-23(31-25-15-28-8-9-29-25)22-13-20(6-7-24(22)34(18)19(2)35)21-14-30-33(16-21)11-10-32(26(36)37)17-27(3,4)5/h6-9,13-16,18,23H,10-12,17H2,1-5H3,(H,29,31)(H,36,37)/t18-,23+/m0/s1. The van der Waals surface area contributed by atoms with E-state index in [1.807, 2.05) is 50.9 Å². The van der Waals surface area contributed by atoms with Gasteiger partial charge in [-0.2, -0.15) is 5.10 Å². The highest BCUT2D eigenvalue weighted by Gasteiger charge is 2.33. The van der Waals surface area contributed by atoms with Crippen molar-refractivity contribution in [1.29, 1.82) is 0 Å². The second-order valence-corrected chi connectivity index (χ2v) is 10.8. The lowest BCUT2D eigenvalue weighted by Crippen LogP contribution is -2.43. The highest BCUT2D eigenvalue weighted by Crippen LogP contribution is 2.40. The van der Waals surface area contributed by atoms with E-state index < -0.39 is 6.09 Å². The van der Waals surface area contributed by atoms with Crippen molar-refractivity contribution < 1.29 is 14.7 Å². The largest absolute Gasteiger partial charge is 0.465 e. The first kappa shape index (κ1) is 26.1. The van der Waals surface area contributed by atoms with E-state index in [1.165, 1.54) is 4.90 Å². The predicted octanol–water partition coefficient (Wildman–Crippen LogP) is 4.66. The number of fused-ring (bicyclic) bond motifs is 1. The molecule has 0 saturated heterocycles. The first-order valence-corrected chi connectivity index (χ1v) is 12.5. The lowest BCUT2D eigenvalue weighted by atomic mass is 9.89. The molecule has 0 unspecified atom stereocenters. The lowest BCUT2D eigenvalue weighted by Gasteiger charge is -2.39. The molecule has 10 heteroatoms. The molecule has 2 atom stereocenters. The quantitative estimate of drug-likeness (QED) is 0.479. The molecule has 2 aromatic heterocycles. The molecule has 4 rings (SSSR count). The highest BCUT2D eigenvalue weighted by atomic mass is 16.4. The summed E-state index contributed by atoms with van der Waals surface area (Å²) in [6.45, 7) is 11.0. The summed E-state index contributed by atoms with van der Waals surface area (Å²) in [5.41, 5.74) is 3.65. The van der Waals surface area contributed by atoms with E-state index >= 15 is 0 Å². The van der Waals surface area contributed by atoms with Crippen LogP contribution < -0.4 is 10.2 Å². The van der Waals surface area contributed by atoms with E-state index in [0.29, 0.717) is 25.5 Å². The van der Waals surface area contributed by atoms with Crippen LogP contribution in [-0.4, -0.2) is 60.9 Å². The van der Waals surface area contributed by atoms with Gasteiger partial charge in [0.05, 0.1) is 25.0 Å². The van der Waals surface area contributed by atoms with Gasteiger partial charge in [-0.1, -0.05) is 26.8 Å². The zero-order valence-corrected chi connectivity index (χ0v) is 22.0. The van der Waals surface area contributed by atoms with E-state index in [0.717, 1.165) is 28.8 Å². The second kappa shape index (κ2) is 10.6. The fourth-order valence-corrected chi connectivity index (χ4v) is 4.89. The van der Waals surface area contributed by atoms with Crippen molar-refractivity contribution in [3.8, 4) is 11.1 Å². The number of anilines is 2. The average molecular weight is 506 g/mol. The summed E-state index contributed by atoms with van der Waals surface area (Å²) in [6.07, 6.45) is 8.49. The number of nitrogens with zero attached hydrogens (tertiary/aromatic N) is 6. The summed E-state index contributed by atoms with van der Waals surface area (Å²) >= 11 is 0. The minimum absolute atomic E-state index is 0.00511. The zero-order valence-electron chi connectivity index (χ0n) is 22.0. The summed E-state index contributed by atoms with van der Waals surface area (Å²) in [5.74, 6) is 0.684. The Morgan fingerprint density at radius 1 is 1.19 bits per heavy atom. The molecule has 10 nitrogen and oxygen atoms in total. The van der Waals surface area contributed by atoms with Gasteiger partial charge in [0, 0.05) is 55.9 Å². The third-order valence-electron chi connectivity index (χ3n) is 6.41. The van der Waals surface area contributed by atoms with Crippen molar-refractivity contribution in [3.05, 3.63) is 54.7 Å². The van der Waals surface area contributed by atoms with Crippen LogP contribution in [0.5, 0.6) is 0 Å². The van der Waals surface area contributed by atoms with Gasteiger partial charge < -0.3 is 20.2 Å². The molecule has 0 saturated carbocycles. The number of rotatable bonds is 7. The molecule has 196 valence electrons. The number of amides is 2. The Labute approximate surface area is 217 Å². The SMILES string of the molecule is CC(=O)N1c2ccc(-c3cnn(CCN(CC(C)(C)C)C(=O)O)c3)cc2[C@H](Nc2cnccn2)C[C@@H]1C. The molecule has 0 radical (unpaired) electrons. The molecule has 1 aliphatic rings. The first-order chi connectivity index (χ1) is 17.5. The molecule has 3 heterocycles. The number of aromatic nitrogens is 4. The van der Waals surface area contributed by atoms with Crippen LogP contribution in [-0.2, 0) is 11.3 Å². The van der Waals surface area contributed by atoms with Crippen molar-refractivity contribution in [1.82, 2.24) is 24.6 Å². The molecule has 3 aromatic rings. The molecule has 0 aliphatic carbocycles. The molecule has 37 heavy (non-hydrogen) atoms. The predicted molar refractivity (Wildman–Crippen MR) is 142 cm³/mol. The Morgan fingerprint density at radius 2 is 1.97 bits per heavy atom. The number of hydrogen-bond acceptors (Lipinski definition) is 6. The number of benzene rings is 1.